The molecule has 0 atom stereocenters. The Morgan fingerprint density at radius 1 is 1.46 bits per heavy atom. The molecule has 0 fully saturated rings. The van der Waals surface area contributed by atoms with Crippen LogP contribution in [0.5, 0.6) is 0 Å². The molecule has 4 nitrogen and oxygen atoms in total. The van der Waals surface area contributed by atoms with Gasteiger partial charge in [0.05, 0.1) is 12.7 Å². The molecule has 0 aromatic heterocycles. The van der Waals surface area contributed by atoms with Crippen molar-refractivity contribution in [1.82, 2.24) is 4.90 Å². The van der Waals surface area contributed by atoms with Crippen molar-refractivity contribution in [2.75, 3.05) is 19.7 Å². The highest BCUT2D eigenvalue weighted by molar-refractivity contribution is 5.67. The van der Waals surface area contributed by atoms with E-state index in [4.69, 9.17) is 9.84 Å². The molecule has 0 aliphatic heterocycles. The first-order valence-electron chi connectivity index (χ1n) is 4.68. The minimum absolute atomic E-state index is 0.0206. The van der Waals surface area contributed by atoms with Gasteiger partial charge in [0.15, 0.2) is 0 Å². The van der Waals surface area contributed by atoms with E-state index in [1.165, 1.54) is 4.90 Å². The fourth-order valence-corrected chi connectivity index (χ4v) is 0.961. The molecule has 1 amide bonds. The van der Waals surface area contributed by atoms with Crippen LogP contribution in [0, 0.1) is 0 Å². The summed E-state index contributed by atoms with van der Waals surface area (Å²) in [6.07, 6.45) is 0.421. The van der Waals surface area contributed by atoms with Crippen molar-refractivity contribution >= 4 is 6.09 Å². The van der Waals surface area contributed by atoms with E-state index >= 15 is 0 Å². The van der Waals surface area contributed by atoms with Crippen molar-refractivity contribution in [2.24, 2.45) is 0 Å². The van der Waals surface area contributed by atoms with Crippen LogP contribution in [0.3, 0.4) is 0 Å². The smallest absolute Gasteiger partial charge is 0.410 e. The Morgan fingerprint density at radius 3 is 2.46 bits per heavy atom. The summed E-state index contributed by atoms with van der Waals surface area (Å²) >= 11 is 0. The number of rotatable bonds is 5. The van der Waals surface area contributed by atoms with Gasteiger partial charge in [0.2, 0.25) is 0 Å². The number of nitrogens with zero attached hydrogens (tertiary/aromatic N) is 1. The lowest BCUT2D eigenvalue weighted by Gasteiger charge is -2.21. The molecular formula is C9H19NO3. The van der Waals surface area contributed by atoms with E-state index in [2.05, 4.69) is 0 Å². The Labute approximate surface area is 79.5 Å². The molecule has 13 heavy (non-hydrogen) atoms. The summed E-state index contributed by atoms with van der Waals surface area (Å²) in [7, 11) is 0. The van der Waals surface area contributed by atoms with E-state index < -0.39 is 0 Å². The zero-order valence-corrected chi connectivity index (χ0v) is 8.62. The fraction of sp³-hybridized carbons (Fsp3) is 0.889. The second-order valence-electron chi connectivity index (χ2n) is 3.14. The first-order chi connectivity index (χ1) is 6.11. The van der Waals surface area contributed by atoms with Crippen molar-refractivity contribution in [1.29, 1.82) is 0 Å². The van der Waals surface area contributed by atoms with E-state index in [0.717, 1.165) is 6.42 Å². The summed E-state index contributed by atoms with van der Waals surface area (Å²) in [4.78, 5) is 12.8. The molecule has 0 aliphatic rings. The molecule has 0 aromatic rings. The van der Waals surface area contributed by atoms with Gasteiger partial charge in [-0.3, -0.25) is 0 Å². The van der Waals surface area contributed by atoms with E-state index in [-0.39, 0.29) is 18.8 Å². The van der Waals surface area contributed by atoms with Crippen molar-refractivity contribution in [3.05, 3.63) is 0 Å². The van der Waals surface area contributed by atoms with Crippen molar-refractivity contribution in [3.63, 3.8) is 0 Å². The zero-order chi connectivity index (χ0) is 10.3. The summed E-state index contributed by atoms with van der Waals surface area (Å²) in [5.74, 6) is 0. The third kappa shape index (κ3) is 5.47. The maximum absolute atomic E-state index is 11.3. The zero-order valence-electron chi connectivity index (χ0n) is 8.62. The molecule has 4 heteroatoms. The normalized spacial score (nSPS) is 10.2. The second-order valence-corrected chi connectivity index (χ2v) is 3.14. The molecule has 0 rings (SSSR count). The van der Waals surface area contributed by atoms with E-state index in [1.807, 2.05) is 6.92 Å². The molecule has 0 aliphatic carbocycles. The highest BCUT2D eigenvalue weighted by Crippen LogP contribution is 1.99. The second kappa shape index (κ2) is 6.71. The number of hydrogen-bond donors (Lipinski definition) is 1. The van der Waals surface area contributed by atoms with Crippen LogP contribution in [0.1, 0.15) is 27.2 Å². The van der Waals surface area contributed by atoms with Gasteiger partial charge in [0.25, 0.3) is 0 Å². The number of aliphatic hydroxyl groups is 1. The van der Waals surface area contributed by atoms with Crippen LogP contribution in [0.4, 0.5) is 4.79 Å². The Kier molecular flexibility index (Phi) is 6.32. The molecule has 0 heterocycles. The minimum Gasteiger partial charge on any atom is -0.447 e. The van der Waals surface area contributed by atoms with E-state index in [9.17, 15) is 4.79 Å². The number of hydrogen-bond acceptors (Lipinski definition) is 3. The third-order valence-electron chi connectivity index (χ3n) is 1.46. The van der Waals surface area contributed by atoms with Crippen LogP contribution in [0.25, 0.3) is 0 Å². The molecule has 78 valence electrons. The number of aliphatic hydroxyl groups excluding tert-OH is 1. The number of carbonyl (C=O) groups is 1. The largest absolute Gasteiger partial charge is 0.447 e. The minimum atomic E-state index is -0.342. The summed E-state index contributed by atoms with van der Waals surface area (Å²) in [5.41, 5.74) is 0. The van der Waals surface area contributed by atoms with Gasteiger partial charge in [0.1, 0.15) is 0 Å². The van der Waals surface area contributed by atoms with Gasteiger partial charge >= 0.3 is 6.09 Å². The van der Waals surface area contributed by atoms with Gasteiger partial charge in [-0.2, -0.15) is 0 Å². The highest BCUT2D eigenvalue weighted by Gasteiger charge is 2.14. The molecule has 0 spiro atoms. The average molecular weight is 189 g/mol. The quantitative estimate of drug-likeness (QED) is 0.707. The van der Waals surface area contributed by atoms with Crippen LogP contribution < -0.4 is 0 Å². The molecule has 0 saturated heterocycles. The number of amides is 1. The molecular weight excluding hydrogens is 170 g/mol. The maximum Gasteiger partial charge on any atom is 0.410 e. The van der Waals surface area contributed by atoms with Gasteiger partial charge in [-0.25, -0.2) is 4.79 Å². The summed E-state index contributed by atoms with van der Waals surface area (Å²) in [6, 6.07) is 0. The molecule has 0 aromatic carbocycles. The monoisotopic (exact) mass is 189 g/mol. The van der Waals surface area contributed by atoms with E-state index in [1.54, 1.807) is 13.8 Å². The summed E-state index contributed by atoms with van der Waals surface area (Å²) < 4.78 is 4.99. The first-order valence-corrected chi connectivity index (χ1v) is 4.68. The lowest BCUT2D eigenvalue weighted by atomic mass is 10.4. The standard InChI is InChI=1S/C9H19NO3/c1-4-5-10(6-7-11)9(12)13-8(2)3/h8,11H,4-7H2,1-3H3. The van der Waals surface area contributed by atoms with Gasteiger partial charge in [0, 0.05) is 13.1 Å². The van der Waals surface area contributed by atoms with Crippen LogP contribution >= 0.6 is 0 Å². The highest BCUT2D eigenvalue weighted by atomic mass is 16.6. The summed E-state index contributed by atoms with van der Waals surface area (Å²) in [6.45, 7) is 6.55. The first kappa shape index (κ1) is 12.2. The Hall–Kier alpha value is -0.770. The SMILES string of the molecule is CCCN(CCO)C(=O)OC(C)C. The van der Waals surface area contributed by atoms with Crippen molar-refractivity contribution < 1.29 is 14.6 Å². The number of carbonyl (C=O) groups excluding carboxylic acids is 1. The van der Waals surface area contributed by atoms with Gasteiger partial charge in [-0.05, 0) is 20.3 Å². The predicted molar refractivity (Wildman–Crippen MR) is 50.6 cm³/mol. The Morgan fingerprint density at radius 2 is 2.08 bits per heavy atom. The lowest BCUT2D eigenvalue weighted by molar-refractivity contribution is 0.0708. The van der Waals surface area contributed by atoms with E-state index in [0.29, 0.717) is 13.1 Å². The van der Waals surface area contributed by atoms with Crippen LogP contribution in [0.2, 0.25) is 0 Å². The van der Waals surface area contributed by atoms with Crippen LogP contribution in [-0.2, 0) is 4.74 Å². The van der Waals surface area contributed by atoms with Gasteiger partial charge < -0.3 is 14.7 Å². The fourth-order valence-electron chi connectivity index (χ4n) is 0.961. The Bertz CT molecular complexity index is 142. The molecule has 0 saturated carbocycles. The van der Waals surface area contributed by atoms with Crippen molar-refractivity contribution in [2.45, 2.75) is 33.3 Å². The maximum atomic E-state index is 11.3. The lowest BCUT2D eigenvalue weighted by Crippen LogP contribution is -2.35. The topological polar surface area (TPSA) is 49.8 Å². The summed E-state index contributed by atoms with van der Waals surface area (Å²) in [5, 5.41) is 8.70. The molecule has 1 N–H and O–H groups in total. The predicted octanol–water partition coefficient (Wildman–Crippen LogP) is 1.24. The average Bonchev–Trinajstić information content (AvgIpc) is 2.02. The van der Waals surface area contributed by atoms with Gasteiger partial charge in [-0.15, -0.1) is 0 Å². The van der Waals surface area contributed by atoms with Crippen LogP contribution in [-0.4, -0.2) is 41.9 Å². The van der Waals surface area contributed by atoms with Gasteiger partial charge in [-0.1, -0.05) is 6.92 Å². The Balaban J connectivity index is 3.95. The molecule has 0 unspecified atom stereocenters. The van der Waals surface area contributed by atoms with Crippen LogP contribution in [0.15, 0.2) is 0 Å². The third-order valence-corrected chi connectivity index (χ3v) is 1.46. The number of ether oxygens (including phenoxy) is 1. The molecule has 0 bridgehead atoms. The molecule has 0 radical (unpaired) electrons. The van der Waals surface area contributed by atoms with Crippen molar-refractivity contribution in [3.8, 4) is 0 Å².